The van der Waals surface area contributed by atoms with Crippen LogP contribution < -0.4 is 14.8 Å². The van der Waals surface area contributed by atoms with Crippen molar-refractivity contribution >= 4 is 5.91 Å². The highest BCUT2D eigenvalue weighted by Crippen LogP contribution is 2.26. The second kappa shape index (κ2) is 13.3. The van der Waals surface area contributed by atoms with Crippen LogP contribution in [-0.4, -0.2) is 49.2 Å². The molecule has 6 heteroatoms. The average Bonchev–Trinajstić information content (AvgIpc) is 2.93. The molecule has 4 rings (SSSR count). The van der Waals surface area contributed by atoms with E-state index in [4.69, 9.17) is 9.47 Å². The topological polar surface area (TPSA) is 71.0 Å². The number of ether oxygens (including phenoxy) is 2. The van der Waals surface area contributed by atoms with Crippen molar-refractivity contribution in [2.75, 3.05) is 27.2 Å². The molecule has 0 spiro atoms. The Kier molecular flexibility index (Phi) is 9.58. The van der Waals surface area contributed by atoms with E-state index in [9.17, 15) is 9.90 Å². The fourth-order valence-electron chi connectivity index (χ4n) is 4.56. The van der Waals surface area contributed by atoms with Crippen molar-refractivity contribution in [1.29, 1.82) is 0 Å². The molecule has 0 heterocycles. The highest BCUT2D eigenvalue weighted by molar-refractivity contribution is 5.75. The van der Waals surface area contributed by atoms with Gasteiger partial charge in [-0.1, -0.05) is 48.5 Å². The predicted octanol–water partition coefficient (Wildman–Crippen LogP) is 4.69. The molecular formula is C31H38N2O4. The number of carbonyl (C=O) groups excluding carboxylic acids is 1. The Morgan fingerprint density at radius 2 is 1.76 bits per heavy atom. The Balaban J connectivity index is 1.21. The maximum Gasteiger partial charge on any atom is 0.222 e. The summed E-state index contributed by atoms with van der Waals surface area (Å²) < 4.78 is 11.8. The summed E-state index contributed by atoms with van der Waals surface area (Å²) in [4.78, 5) is 13.3. The van der Waals surface area contributed by atoms with E-state index in [-0.39, 0.29) is 5.91 Å². The summed E-state index contributed by atoms with van der Waals surface area (Å²) in [5.41, 5.74) is 4.65. The van der Waals surface area contributed by atoms with E-state index in [1.807, 2.05) is 60.7 Å². The normalized spacial score (nSPS) is 15.5. The van der Waals surface area contributed by atoms with E-state index in [2.05, 4.69) is 17.4 Å². The van der Waals surface area contributed by atoms with Crippen molar-refractivity contribution in [3.8, 4) is 11.5 Å². The summed E-state index contributed by atoms with van der Waals surface area (Å²) in [6, 6.07) is 24.4. The van der Waals surface area contributed by atoms with Crippen molar-refractivity contribution in [2.24, 2.45) is 0 Å². The number of aliphatic hydroxyl groups excluding tert-OH is 1. The van der Waals surface area contributed by atoms with Crippen LogP contribution in [0, 0.1) is 0 Å². The fraction of sp³-hybridized carbons (Fsp3) is 0.387. The standard InChI is InChI=1S/C31H38N2O4/c1-33(2)31(35)9-6-18-36-29-17-11-24-10-14-27(19-26(24)20-29)32-21-30(34)25-12-15-28(16-13-25)37-22-23-7-4-3-5-8-23/h3-5,7-8,11-13,15-17,20,27,30,32,34H,6,9-10,14,18-19,21-22H2,1-2H3/t27-,30+/m0/s1. The third-order valence-electron chi connectivity index (χ3n) is 6.82. The smallest absolute Gasteiger partial charge is 0.222 e. The predicted molar refractivity (Wildman–Crippen MR) is 146 cm³/mol. The van der Waals surface area contributed by atoms with Crippen LogP contribution in [0.1, 0.15) is 47.6 Å². The molecule has 1 aliphatic rings. The van der Waals surface area contributed by atoms with E-state index in [0.29, 0.717) is 38.6 Å². The number of fused-ring (bicyclic) bond motifs is 1. The number of amides is 1. The summed E-state index contributed by atoms with van der Waals surface area (Å²) >= 11 is 0. The fourth-order valence-corrected chi connectivity index (χ4v) is 4.56. The molecule has 2 N–H and O–H groups in total. The van der Waals surface area contributed by atoms with Crippen molar-refractivity contribution < 1.29 is 19.4 Å². The molecule has 0 radical (unpaired) electrons. The molecule has 2 atom stereocenters. The summed E-state index contributed by atoms with van der Waals surface area (Å²) in [5.74, 6) is 1.77. The molecule has 6 nitrogen and oxygen atoms in total. The molecule has 0 saturated heterocycles. The van der Waals surface area contributed by atoms with Gasteiger partial charge in [0, 0.05) is 33.1 Å². The summed E-state index contributed by atoms with van der Waals surface area (Å²) in [6.07, 6.45) is 3.58. The molecule has 0 aliphatic heterocycles. The highest BCUT2D eigenvalue weighted by Gasteiger charge is 2.20. The SMILES string of the molecule is CN(C)C(=O)CCCOc1ccc2c(c1)C[C@@H](NC[C@@H](O)c1ccc(OCc3ccccc3)cc1)CC2. The molecular weight excluding hydrogens is 464 g/mol. The minimum atomic E-state index is -0.580. The van der Waals surface area contributed by atoms with E-state index in [1.54, 1.807) is 19.0 Å². The van der Waals surface area contributed by atoms with Crippen molar-refractivity contribution in [1.82, 2.24) is 10.2 Å². The average molecular weight is 503 g/mol. The number of aliphatic hydroxyl groups is 1. The molecule has 37 heavy (non-hydrogen) atoms. The highest BCUT2D eigenvalue weighted by atomic mass is 16.5. The van der Waals surface area contributed by atoms with Crippen molar-refractivity contribution in [3.63, 3.8) is 0 Å². The molecule has 196 valence electrons. The van der Waals surface area contributed by atoms with E-state index in [0.717, 1.165) is 41.9 Å². The molecule has 1 amide bonds. The molecule has 1 aliphatic carbocycles. The maximum absolute atomic E-state index is 11.7. The number of aryl methyl sites for hydroxylation is 1. The van der Waals surface area contributed by atoms with Crippen molar-refractivity contribution in [2.45, 2.75) is 50.9 Å². The van der Waals surface area contributed by atoms with Gasteiger partial charge in [0.05, 0.1) is 12.7 Å². The molecule has 0 fully saturated rings. The zero-order valence-electron chi connectivity index (χ0n) is 21.9. The first-order chi connectivity index (χ1) is 18.0. The van der Waals surface area contributed by atoms with Crippen LogP contribution in [0.3, 0.4) is 0 Å². The van der Waals surface area contributed by atoms with Gasteiger partial charge in [-0.3, -0.25) is 4.79 Å². The lowest BCUT2D eigenvalue weighted by Gasteiger charge is -2.27. The van der Waals surface area contributed by atoms with Crippen LogP contribution in [0.5, 0.6) is 11.5 Å². The number of hydrogen-bond acceptors (Lipinski definition) is 5. The monoisotopic (exact) mass is 502 g/mol. The first kappa shape index (κ1) is 26.7. The van der Waals surface area contributed by atoms with Crippen LogP contribution in [0.15, 0.2) is 72.8 Å². The van der Waals surface area contributed by atoms with Gasteiger partial charge >= 0.3 is 0 Å². The molecule has 0 saturated carbocycles. The maximum atomic E-state index is 11.7. The van der Waals surface area contributed by atoms with Gasteiger partial charge in [-0.25, -0.2) is 0 Å². The zero-order chi connectivity index (χ0) is 26.0. The van der Waals surface area contributed by atoms with Gasteiger partial charge in [0.2, 0.25) is 5.91 Å². The Bertz CT molecular complexity index is 1130. The number of rotatable bonds is 12. The van der Waals surface area contributed by atoms with Gasteiger partial charge < -0.3 is 24.8 Å². The van der Waals surface area contributed by atoms with Gasteiger partial charge in [0.25, 0.3) is 0 Å². The van der Waals surface area contributed by atoms with Crippen LogP contribution in [0.2, 0.25) is 0 Å². The number of nitrogens with one attached hydrogen (secondary N) is 1. The lowest BCUT2D eigenvalue weighted by atomic mass is 9.88. The number of carbonyl (C=O) groups is 1. The van der Waals surface area contributed by atoms with Gasteiger partial charge in [-0.15, -0.1) is 0 Å². The Morgan fingerprint density at radius 1 is 1.00 bits per heavy atom. The summed E-state index contributed by atoms with van der Waals surface area (Å²) in [7, 11) is 3.55. The van der Waals surface area contributed by atoms with E-state index in [1.165, 1.54) is 11.1 Å². The third kappa shape index (κ3) is 8.07. The Morgan fingerprint density at radius 3 is 2.51 bits per heavy atom. The number of hydrogen-bond donors (Lipinski definition) is 2. The molecule has 0 unspecified atom stereocenters. The zero-order valence-corrected chi connectivity index (χ0v) is 21.9. The van der Waals surface area contributed by atoms with Gasteiger partial charge in [0.1, 0.15) is 18.1 Å². The van der Waals surface area contributed by atoms with Crippen LogP contribution in [0.25, 0.3) is 0 Å². The Hall–Kier alpha value is -3.35. The van der Waals surface area contributed by atoms with Gasteiger partial charge in [-0.2, -0.15) is 0 Å². The Labute approximate surface area is 220 Å². The minimum Gasteiger partial charge on any atom is -0.494 e. The van der Waals surface area contributed by atoms with Crippen molar-refractivity contribution in [3.05, 3.63) is 95.1 Å². The summed E-state index contributed by atoms with van der Waals surface area (Å²) in [6.45, 7) is 1.55. The molecule has 3 aromatic carbocycles. The third-order valence-corrected chi connectivity index (χ3v) is 6.82. The van der Waals surface area contributed by atoms with E-state index < -0.39 is 6.10 Å². The molecule has 0 aromatic heterocycles. The summed E-state index contributed by atoms with van der Waals surface area (Å²) in [5, 5.41) is 14.3. The number of nitrogens with zero attached hydrogens (tertiary/aromatic N) is 1. The van der Waals surface area contributed by atoms with E-state index >= 15 is 0 Å². The largest absolute Gasteiger partial charge is 0.494 e. The second-order valence-corrected chi connectivity index (χ2v) is 9.88. The molecule has 0 bridgehead atoms. The van der Waals surface area contributed by atoms with Gasteiger partial charge in [0.15, 0.2) is 0 Å². The molecule has 3 aromatic rings. The number of benzene rings is 3. The quantitative estimate of drug-likeness (QED) is 0.352. The minimum absolute atomic E-state index is 0.123. The van der Waals surface area contributed by atoms with Gasteiger partial charge in [-0.05, 0) is 72.2 Å². The van der Waals surface area contributed by atoms with Crippen LogP contribution in [0.4, 0.5) is 0 Å². The lowest BCUT2D eigenvalue weighted by molar-refractivity contribution is -0.128. The first-order valence-corrected chi connectivity index (χ1v) is 13.1. The first-order valence-electron chi connectivity index (χ1n) is 13.1. The van der Waals surface area contributed by atoms with Crippen LogP contribution >= 0.6 is 0 Å². The lowest BCUT2D eigenvalue weighted by Crippen LogP contribution is -2.37. The second-order valence-electron chi connectivity index (χ2n) is 9.88. The van der Waals surface area contributed by atoms with Crippen LogP contribution in [-0.2, 0) is 24.2 Å².